The van der Waals surface area contributed by atoms with Crippen LogP contribution in [0.5, 0.6) is 0 Å². The molecule has 3 aliphatic rings. The van der Waals surface area contributed by atoms with Gasteiger partial charge in [0.25, 0.3) is 0 Å². The van der Waals surface area contributed by atoms with Crippen molar-refractivity contribution in [2.75, 3.05) is 5.32 Å². The Bertz CT molecular complexity index is 538. The van der Waals surface area contributed by atoms with Gasteiger partial charge in [0.2, 0.25) is 5.91 Å². The largest absolute Gasteiger partial charge is 0.326 e. The lowest BCUT2D eigenvalue weighted by Gasteiger charge is -2.21. The van der Waals surface area contributed by atoms with E-state index < -0.39 is 0 Å². The predicted octanol–water partition coefficient (Wildman–Crippen LogP) is 3.31. The summed E-state index contributed by atoms with van der Waals surface area (Å²) in [6, 6.07) is 9.01. The molecule has 0 heterocycles. The summed E-state index contributed by atoms with van der Waals surface area (Å²) in [7, 11) is 0. The third-order valence-electron chi connectivity index (χ3n) is 5.44. The average molecular weight is 284 g/mol. The highest BCUT2D eigenvalue weighted by Gasteiger charge is 2.42. The number of amides is 1. The van der Waals surface area contributed by atoms with Gasteiger partial charge >= 0.3 is 0 Å². The Kier molecular flexibility index (Phi) is 3.46. The summed E-state index contributed by atoms with van der Waals surface area (Å²) in [6.07, 6.45) is 7.61. The molecular weight excluding hydrogens is 260 g/mol. The first-order valence-corrected chi connectivity index (χ1v) is 8.41. The Hall–Kier alpha value is -1.35. The minimum Gasteiger partial charge on any atom is -0.326 e. The van der Waals surface area contributed by atoms with Crippen LogP contribution in [0.2, 0.25) is 0 Å². The van der Waals surface area contributed by atoms with Crippen molar-refractivity contribution in [1.29, 1.82) is 0 Å². The van der Waals surface area contributed by atoms with E-state index in [1.807, 2.05) is 12.1 Å². The Balaban J connectivity index is 1.37. The maximum Gasteiger partial charge on any atom is 0.227 e. The Morgan fingerprint density at radius 1 is 1.14 bits per heavy atom. The summed E-state index contributed by atoms with van der Waals surface area (Å²) in [5, 5.41) is 6.66. The van der Waals surface area contributed by atoms with E-state index in [1.165, 1.54) is 37.7 Å². The quantitative estimate of drug-likeness (QED) is 0.871. The highest BCUT2D eigenvalue weighted by atomic mass is 16.1. The van der Waals surface area contributed by atoms with Gasteiger partial charge in [0.1, 0.15) is 0 Å². The Labute approximate surface area is 126 Å². The molecule has 0 saturated heterocycles. The smallest absolute Gasteiger partial charge is 0.227 e. The van der Waals surface area contributed by atoms with Crippen molar-refractivity contribution >= 4 is 11.6 Å². The standard InChI is InChI=1S/C18H24N2O/c21-18(17-10-12-4-5-14(17)8-12)20-16-3-1-2-13(9-16)11-19-15-6-7-15/h1-3,9,12,14-15,17,19H,4-8,10-11H2,(H,20,21). The number of fused-ring (bicyclic) bond motifs is 2. The van der Waals surface area contributed by atoms with Gasteiger partial charge in [0.05, 0.1) is 0 Å². The van der Waals surface area contributed by atoms with Crippen molar-refractivity contribution in [2.24, 2.45) is 17.8 Å². The van der Waals surface area contributed by atoms with E-state index in [0.717, 1.165) is 30.6 Å². The van der Waals surface area contributed by atoms with E-state index in [1.54, 1.807) is 0 Å². The van der Waals surface area contributed by atoms with Gasteiger partial charge < -0.3 is 10.6 Å². The molecule has 1 aromatic carbocycles. The first kappa shape index (κ1) is 13.3. The number of hydrogen-bond donors (Lipinski definition) is 2. The minimum absolute atomic E-state index is 0.245. The molecule has 2 bridgehead atoms. The molecule has 21 heavy (non-hydrogen) atoms. The molecule has 1 aromatic rings. The van der Waals surface area contributed by atoms with Crippen molar-refractivity contribution in [2.45, 2.75) is 51.1 Å². The van der Waals surface area contributed by atoms with E-state index in [2.05, 4.69) is 22.8 Å². The number of benzene rings is 1. The molecule has 3 atom stereocenters. The molecule has 3 fully saturated rings. The fraction of sp³-hybridized carbons (Fsp3) is 0.611. The number of carbonyl (C=O) groups excluding carboxylic acids is 1. The van der Waals surface area contributed by atoms with Crippen molar-refractivity contribution in [3.05, 3.63) is 29.8 Å². The van der Waals surface area contributed by atoms with Crippen molar-refractivity contribution in [1.82, 2.24) is 5.32 Å². The van der Waals surface area contributed by atoms with Gasteiger partial charge in [-0.15, -0.1) is 0 Å². The summed E-state index contributed by atoms with van der Waals surface area (Å²) in [4.78, 5) is 12.5. The molecule has 3 unspecified atom stereocenters. The van der Waals surface area contributed by atoms with Crippen LogP contribution in [0, 0.1) is 17.8 Å². The third kappa shape index (κ3) is 2.98. The molecule has 2 N–H and O–H groups in total. The van der Waals surface area contributed by atoms with E-state index in [-0.39, 0.29) is 11.8 Å². The molecule has 3 nitrogen and oxygen atoms in total. The molecule has 1 amide bonds. The fourth-order valence-corrected chi connectivity index (χ4v) is 4.11. The predicted molar refractivity (Wildman–Crippen MR) is 83.9 cm³/mol. The van der Waals surface area contributed by atoms with Crippen LogP contribution >= 0.6 is 0 Å². The molecule has 3 saturated carbocycles. The topological polar surface area (TPSA) is 41.1 Å². The molecule has 3 heteroatoms. The van der Waals surface area contributed by atoms with E-state index in [4.69, 9.17) is 0 Å². The fourth-order valence-electron chi connectivity index (χ4n) is 4.11. The summed E-state index contributed by atoms with van der Waals surface area (Å²) < 4.78 is 0. The van der Waals surface area contributed by atoms with Gasteiger partial charge in [-0.3, -0.25) is 4.79 Å². The summed E-state index contributed by atoms with van der Waals surface area (Å²) in [6.45, 7) is 0.905. The molecule has 3 aliphatic carbocycles. The van der Waals surface area contributed by atoms with Crippen molar-refractivity contribution in [3.8, 4) is 0 Å². The molecule has 0 aliphatic heterocycles. The van der Waals surface area contributed by atoms with Gasteiger partial charge in [-0.2, -0.15) is 0 Å². The normalized spacial score (nSPS) is 30.6. The first-order valence-electron chi connectivity index (χ1n) is 8.41. The van der Waals surface area contributed by atoms with Crippen LogP contribution in [0.3, 0.4) is 0 Å². The zero-order valence-electron chi connectivity index (χ0n) is 12.5. The van der Waals surface area contributed by atoms with Crippen LogP contribution in [0.4, 0.5) is 5.69 Å². The van der Waals surface area contributed by atoms with Gasteiger partial charge in [-0.1, -0.05) is 18.6 Å². The van der Waals surface area contributed by atoms with Gasteiger partial charge in [-0.25, -0.2) is 0 Å². The lowest BCUT2D eigenvalue weighted by Crippen LogP contribution is -2.27. The SMILES string of the molecule is O=C(Nc1cccc(CNC2CC2)c1)C1CC2CCC1C2. The van der Waals surface area contributed by atoms with Crippen molar-refractivity contribution in [3.63, 3.8) is 0 Å². The highest BCUT2D eigenvalue weighted by Crippen LogP contribution is 2.48. The second kappa shape index (κ2) is 5.45. The lowest BCUT2D eigenvalue weighted by molar-refractivity contribution is -0.121. The zero-order valence-corrected chi connectivity index (χ0v) is 12.5. The van der Waals surface area contributed by atoms with Crippen LogP contribution < -0.4 is 10.6 Å². The van der Waals surface area contributed by atoms with Crippen LogP contribution in [-0.2, 0) is 11.3 Å². The van der Waals surface area contributed by atoms with Crippen LogP contribution in [0.15, 0.2) is 24.3 Å². The number of carbonyl (C=O) groups is 1. The van der Waals surface area contributed by atoms with Gasteiger partial charge in [-0.05, 0) is 61.6 Å². The summed E-state index contributed by atoms with van der Waals surface area (Å²) in [5.74, 6) is 1.97. The van der Waals surface area contributed by atoms with E-state index in [9.17, 15) is 4.79 Å². The molecular formula is C18H24N2O. The van der Waals surface area contributed by atoms with Gasteiger partial charge in [0.15, 0.2) is 0 Å². The van der Waals surface area contributed by atoms with Crippen LogP contribution in [0.1, 0.15) is 44.1 Å². The third-order valence-corrected chi connectivity index (χ3v) is 5.44. The summed E-state index contributed by atoms with van der Waals surface area (Å²) in [5.41, 5.74) is 2.21. The number of nitrogens with one attached hydrogen (secondary N) is 2. The number of rotatable bonds is 5. The maximum atomic E-state index is 12.5. The first-order chi connectivity index (χ1) is 10.3. The zero-order chi connectivity index (χ0) is 14.2. The maximum absolute atomic E-state index is 12.5. The van der Waals surface area contributed by atoms with E-state index in [0.29, 0.717) is 5.92 Å². The monoisotopic (exact) mass is 284 g/mol. The van der Waals surface area contributed by atoms with Gasteiger partial charge in [0, 0.05) is 24.2 Å². The number of hydrogen-bond acceptors (Lipinski definition) is 2. The molecule has 0 radical (unpaired) electrons. The molecule has 4 rings (SSSR count). The average Bonchev–Trinajstić information content (AvgIpc) is 3.08. The second-order valence-electron chi connectivity index (χ2n) is 7.13. The van der Waals surface area contributed by atoms with Crippen LogP contribution in [-0.4, -0.2) is 11.9 Å². The Morgan fingerprint density at radius 3 is 2.76 bits per heavy atom. The Morgan fingerprint density at radius 2 is 2.05 bits per heavy atom. The minimum atomic E-state index is 0.245. The molecule has 0 spiro atoms. The summed E-state index contributed by atoms with van der Waals surface area (Å²) >= 11 is 0. The lowest BCUT2D eigenvalue weighted by atomic mass is 9.88. The second-order valence-corrected chi connectivity index (χ2v) is 7.13. The highest BCUT2D eigenvalue weighted by molar-refractivity contribution is 5.93. The number of anilines is 1. The molecule has 0 aromatic heterocycles. The van der Waals surface area contributed by atoms with E-state index >= 15 is 0 Å². The van der Waals surface area contributed by atoms with Crippen LogP contribution in [0.25, 0.3) is 0 Å². The van der Waals surface area contributed by atoms with Crippen molar-refractivity contribution < 1.29 is 4.79 Å². The molecule has 112 valence electrons.